The minimum Gasteiger partial charge on any atom is -0.491 e. The largest absolute Gasteiger partial charge is 0.491 e. The summed E-state index contributed by atoms with van der Waals surface area (Å²) in [6.07, 6.45) is 1.72. The van der Waals surface area contributed by atoms with Gasteiger partial charge in [0.15, 0.2) is 11.5 Å². The second-order valence-corrected chi connectivity index (χ2v) is 4.68. The number of pyridine rings is 1. The molecule has 0 radical (unpaired) electrons. The van der Waals surface area contributed by atoms with Crippen LogP contribution in [0.2, 0.25) is 0 Å². The van der Waals surface area contributed by atoms with Crippen molar-refractivity contribution < 1.29 is 9.47 Å². The molecule has 3 nitrogen and oxygen atoms in total. The maximum absolute atomic E-state index is 5.81. The van der Waals surface area contributed by atoms with Crippen LogP contribution in [0, 0.1) is 6.92 Å². The van der Waals surface area contributed by atoms with E-state index in [1.807, 2.05) is 37.3 Å². The molecular formula is C14H14BrNO2. The molecule has 1 aromatic carbocycles. The van der Waals surface area contributed by atoms with Gasteiger partial charge in [0.2, 0.25) is 0 Å². The number of methoxy groups -OCH3 is 1. The van der Waals surface area contributed by atoms with Crippen LogP contribution in [-0.4, -0.2) is 12.1 Å². The van der Waals surface area contributed by atoms with E-state index in [1.54, 1.807) is 13.3 Å². The standard InChI is InChI=1S/C14H14BrNO2/c1-10-13(17-2)14(12(15)8-16-10)18-9-11-6-4-3-5-7-11/h3-8H,9H2,1-2H3. The highest BCUT2D eigenvalue weighted by Gasteiger charge is 2.13. The second kappa shape index (κ2) is 5.87. The van der Waals surface area contributed by atoms with Gasteiger partial charge in [-0.15, -0.1) is 0 Å². The van der Waals surface area contributed by atoms with Gasteiger partial charge < -0.3 is 9.47 Å². The molecule has 0 fully saturated rings. The van der Waals surface area contributed by atoms with Gasteiger partial charge in [0, 0.05) is 6.20 Å². The molecule has 1 aromatic heterocycles. The van der Waals surface area contributed by atoms with E-state index in [1.165, 1.54) is 0 Å². The molecule has 1 heterocycles. The van der Waals surface area contributed by atoms with E-state index < -0.39 is 0 Å². The van der Waals surface area contributed by atoms with Gasteiger partial charge in [-0.05, 0) is 28.4 Å². The van der Waals surface area contributed by atoms with E-state index in [-0.39, 0.29) is 0 Å². The van der Waals surface area contributed by atoms with Crippen LogP contribution in [-0.2, 0) is 6.61 Å². The summed E-state index contributed by atoms with van der Waals surface area (Å²) in [5.74, 6) is 1.36. The zero-order valence-electron chi connectivity index (χ0n) is 10.3. The average molecular weight is 308 g/mol. The Morgan fingerprint density at radius 1 is 1.17 bits per heavy atom. The maximum atomic E-state index is 5.81. The Labute approximate surface area is 115 Å². The predicted molar refractivity (Wildman–Crippen MR) is 74.0 cm³/mol. The van der Waals surface area contributed by atoms with Gasteiger partial charge in [-0.3, -0.25) is 4.98 Å². The molecule has 0 spiro atoms. The summed E-state index contributed by atoms with van der Waals surface area (Å²) >= 11 is 3.43. The van der Waals surface area contributed by atoms with E-state index in [0.717, 1.165) is 15.7 Å². The monoisotopic (exact) mass is 307 g/mol. The van der Waals surface area contributed by atoms with Gasteiger partial charge in [-0.2, -0.15) is 0 Å². The molecule has 4 heteroatoms. The normalized spacial score (nSPS) is 10.2. The molecule has 18 heavy (non-hydrogen) atoms. The molecule has 94 valence electrons. The molecule has 2 aromatic rings. The minimum absolute atomic E-state index is 0.499. The van der Waals surface area contributed by atoms with Crippen molar-refractivity contribution in [3.8, 4) is 11.5 Å². The van der Waals surface area contributed by atoms with Crippen molar-refractivity contribution in [2.24, 2.45) is 0 Å². The van der Waals surface area contributed by atoms with Crippen molar-refractivity contribution in [1.29, 1.82) is 0 Å². The van der Waals surface area contributed by atoms with Crippen LogP contribution in [0.3, 0.4) is 0 Å². The summed E-state index contributed by atoms with van der Waals surface area (Å²) in [5.41, 5.74) is 1.92. The van der Waals surface area contributed by atoms with Gasteiger partial charge in [0.1, 0.15) is 6.61 Å². The first kappa shape index (κ1) is 12.9. The first-order valence-electron chi connectivity index (χ1n) is 5.58. The van der Waals surface area contributed by atoms with Crippen molar-refractivity contribution >= 4 is 15.9 Å². The highest BCUT2D eigenvalue weighted by molar-refractivity contribution is 9.10. The van der Waals surface area contributed by atoms with Gasteiger partial charge in [-0.25, -0.2) is 0 Å². The predicted octanol–water partition coefficient (Wildman–Crippen LogP) is 3.74. The first-order chi connectivity index (χ1) is 8.72. The number of aryl methyl sites for hydroxylation is 1. The number of nitrogens with zero attached hydrogens (tertiary/aromatic N) is 1. The molecular weight excluding hydrogens is 294 g/mol. The Morgan fingerprint density at radius 3 is 2.56 bits per heavy atom. The number of benzene rings is 1. The molecule has 0 amide bonds. The van der Waals surface area contributed by atoms with E-state index in [2.05, 4.69) is 20.9 Å². The number of hydrogen-bond acceptors (Lipinski definition) is 3. The molecule has 0 unspecified atom stereocenters. The van der Waals surface area contributed by atoms with Crippen LogP contribution in [0.5, 0.6) is 11.5 Å². The summed E-state index contributed by atoms with van der Waals surface area (Å²) in [6, 6.07) is 10.0. The number of ether oxygens (including phenoxy) is 2. The van der Waals surface area contributed by atoms with Crippen LogP contribution in [0.4, 0.5) is 0 Å². The molecule has 0 bridgehead atoms. The Balaban J connectivity index is 2.21. The van der Waals surface area contributed by atoms with Crippen molar-refractivity contribution in [3.05, 3.63) is 52.3 Å². The van der Waals surface area contributed by atoms with E-state index >= 15 is 0 Å². The van der Waals surface area contributed by atoms with Gasteiger partial charge >= 0.3 is 0 Å². The fourth-order valence-corrected chi connectivity index (χ4v) is 2.05. The molecule has 0 saturated carbocycles. The van der Waals surface area contributed by atoms with E-state index in [9.17, 15) is 0 Å². The lowest BCUT2D eigenvalue weighted by molar-refractivity contribution is 0.280. The lowest BCUT2D eigenvalue weighted by atomic mass is 10.2. The number of hydrogen-bond donors (Lipinski definition) is 0. The van der Waals surface area contributed by atoms with E-state index in [0.29, 0.717) is 18.1 Å². The Morgan fingerprint density at radius 2 is 1.89 bits per heavy atom. The molecule has 2 rings (SSSR count). The highest BCUT2D eigenvalue weighted by atomic mass is 79.9. The molecule has 0 aliphatic rings. The Kier molecular flexibility index (Phi) is 4.20. The van der Waals surface area contributed by atoms with Crippen molar-refractivity contribution in [2.75, 3.05) is 7.11 Å². The van der Waals surface area contributed by atoms with E-state index in [4.69, 9.17) is 9.47 Å². The lowest BCUT2D eigenvalue weighted by Crippen LogP contribution is -2.00. The van der Waals surface area contributed by atoms with Crippen molar-refractivity contribution in [1.82, 2.24) is 4.98 Å². The fourth-order valence-electron chi connectivity index (χ4n) is 1.65. The SMILES string of the molecule is COc1c(C)ncc(Br)c1OCc1ccccc1. The summed E-state index contributed by atoms with van der Waals surface area (Å²) in [4.78, 5) is 4.21. The molecule has 0 atom stereocenters. The van der Waals surface area contributed by atoms with Crippen LogP contribution in [0.15, 0.2) is 41.0 Å². The summed E-state index contributed by atoms with van der Waals surface area (Å²) < 4.78 is 11.9. The quantitative estimate of drug-likeness (QED) is 0.862. The van der Waals surface area contributed by atoms with Gasteiger partial charge in [0.05, 0.1) is 17.3 Å². The lowest BCUT2D eigenvalue weighted by Gasteiger charge is -2.13. The summed E-state index contributed by atoms with van der Waals surface area (Å²) in [5, 5.41) is 0. The van der Waals surface area contributed by atoms with Crippen LogP contribution in [0.1, 0.15) is 11.3 Å². The van der Waals surface area contributed by atoms with Crippen LogP contribution >= 0.6 is 15.9 Å². The Hall–Kier alpha value is -1.55. The summed E-state index contributed by atoms with van der Waals surface area (Å²) in [6.45, 7) is 2.39. The average Bonchev–Trinajstić information content (AvgIpc) is 2.41. The smallest absolute Gasteiger partial charge is 0.183 e. The summed E-state index contributed by atoms with van der Waals surface area (Å²) in [7, 11) is 1.62. The number of aromatic nitrogens is 1. The molecule has 0 N–H and O–H groups in total. The van der Waals surface area contributed by atoms with Gasteiger partial charge in [-0.1, -0.05) is 30.3 Å². The van der Waals surface area contributed by atoms with Crippen LogP contribution < -0.4 is 9.47 Å². The zero-order chi connectivity index (χ0) is 13.0. The molecule has 0 saturated heterocycles. The first-order valence-corrected chi connectivity index (χ1v) is 6.37. The van der Waals surface area contributed by atoms with Crippen molar-refractivity contribution in [3.63, 3.8) is 0 Å². The molecule has 0 aliphatic heterocycles. The van der Waals surface area contributed by atoms with Crippen LogP contribution in [0.25, 0.3) is 0 Å². The zero-order valence-corrected chi connectivity index (χ0v) is 11.9. The number of halogens is 1. The topological polar surface area (TPSA) is 31.4 Å². The molecule has 0 aliphatic carbocycles. The minimum atomic E-state index is 0.499. The fraction of sp³-hybridized carbons (Fsp3) is 0.214. The Bertz CT molecular complexity index is 529. The third-order valence-corrected chi connectivity index (χ3v) is 3.12. The highest BCUT2D eigenvalue weighted by Crippen LogP contribution is 2.36. The number of rotatable bonds is 4. The van der Waals surface area contributed by atoms with Crippen molar-refractivity contribution in [2.45, 2.75) is 13.5 Å². The second-order valence-electron chi connectivity index (χ2n) is 3.83. The maximum Gasteiger partial charge on any atom is 0.183 e. The van der Waals surface area contributed by atoms with Gasteiger partial charge in [0.25, 0.3) is 0 Å². The third-order valence-electron chi connectivity index (χ3n) is 2.55. The third kappa shape index (κ3) is 2.82.